The van der Waals surface area contributed by atoms with Crippen LogP contribution in [-0.4, -0.2) is 73.9 Å². The number of hydrogen-bond acceptors (Lipinski definition) is 7. The Bertz CT molecular complexity index is 1290. The highest BCUT2D eigenvalue weighted by atomic mass is 35.5. The van der Waals surface area contributed by atoms with Gasteiger partial charge in [-0.25, -0.2) is 14.4 Å². The topological polar surface area (TPSA) is 88.3 Å². The third-order valence-electron chi connectivity index (χ3n) is 7.16. The van der Waals surface area contributed by atoms with Crippen LogP contribution in [0.4, 0.5) is 29.3 Å². The summed E-state index contributed by atoms with van der Waals surface area (Å²) in [5.74, 6) is -0.333. The van der Waals surface area contributed by atoms with Gasteiger partial charge in [-0.1, -0.05) is 11.6 Å². The molecule has 3 aromatic rings. The largest absolute Gasteiger partial charge is 0.435 e. The number of aliphatic hydroxyl groups excluding tert-OH is 1. The van der Waals surface area contributed by atoms with Crippen LogP contribution in [0.2, 0.25) is 5.02 Å². The molecule has 8 nitrogen and oxygen atoms in total. The number of aryl methyl sites for hydroxylation is 1. The van der Waals surface area contributed by atoms with E-state index in [9.17, 15) is 18.3 Å². The molecule has 2 aromatic heterocycles. The molecule has 4 heterocycles. The molecule has 0 radical (unpaired) electrons. The van der Waals surface area contributed by atoms with Crippen molar-refractivity contribution in [2.24, 2.45) is 7.05 Å². The molecule has 2 aliphatic heterocycles. The lowest BCUT2D eigenvalue weighted by Gasteiger charge is -2.45. The van der Waals surface area contributed by atoms with E-state index in [4.69, 9.17) is 16.3 Å². The summed E-state index contributed by atoms with van der Waals surface area (Å²) in [6, 6.07) is 4.24. The molecular formula is C23H25ClF4N6O2. The van der Waals surface area contributed by atoms with E-state index in [1.54, 1.807) is 12.1 Å². The van der Waals surface area contributed by atoms with E-state index in [1.165, 1.54) is 13.2 Å². The number of piperidine rings is 1. The number of ether oxygens (including phenoxy) is 1. The zero-order valence-electron chi connectivity index (χ0n) is 19.6. The predicted molar refractivity (Wildman–Crippen MR) is 125 cm³/mol. The normalized spacial score (nSPS) is 27.6. The van der Waals surface area contributed by atoms with Crippen molar-refractivity contribution in [3.05, 3.63) is 40.7 Å². The summed E-state index contributed by atoms with van der Waals surface area (Å²) in [5.41, 5.74) is -0.581. The lowest BCUT2D eigenvalue weighted by molar-refractivity contribution is -0.141. The smallest absolute Gasteiger partial charge is 0.389 e. The first-order valence-corrected chi connectivity index (χ1v) is 11.8. The van der Waals surface area contributed by atoms with Crippen molar-refractivity contribution in [3.8, 4) is 0 Å². The maximum atomic E-state index is 15.5. The Morgan fingerprint density at radius 3 is 2.69 bits per heavy atom. The lowest BCUT2D eigenvalue weighted by atomic mass is 9.84. The standard InChI is InChI=1S/C23H25ClF4N6O2/c1-22(11-36-10-19(22)35)34-4-3-13(16(25)9-34)14-6-17-12(5-15(14)24)8-29-21(30-17)31-20-7-18(23(26,27)28)32-33(20)2/h5-8,13,16,19,35H,3-4,9-11H2,1-2H3,(H,29,30,31). The molecular weight excluding hydrogens is 504 g/mol. The van der Waals surface area contributed by atoms with Crippen LogP contribution in [0, 0.1) is 0 Å². The first-order valence-electron chi connectivity index (χ1n) is 11.4. The van der Waals surface area contributed by atoms with Gasteiger partial charge in [0.15, 0.2) is 5.69 Å². The molecule has 194 valence electrons. The zero-order chi connectivity index (χ0) is 25.8. The van der Waals surface area contributed by atoms with Crippen molar-refractivity contribution in [1.82, 2.24) is 24.6 Å². The summed E-state index contributed by atoms with van der Waals surface area (Å²) in [6.45, 7) is 3.15. The Morgan fingerprint density at radius 2 is 2.06 bits per heavy atom. The number of halogens is 5. The van der Waals surface area contributed by atoms with E-state index in [-0.39, 0.29) is 24.9 Å². The molecule has 0 spiro atoms. The van der Waals surface area contributed by atoms with Gasteiger partial charge in [0.2, 0.25) is 5.95 Å². The highest BCUT2D eigenvalue weighted by molar-refractivity contribution is 6.32. The quantitative estimate of drug-likeness (QED) is 0.494. The number of nitrogens with zero attached hydrogens (tertiary/aromatic N) is 5. The summed E-state index contributed by atoms with van der Waals surface area (Å²) in [6.07, 6.45) is -4.50. The minimum atomic E-state index is -4.58. The van der Waals surface area contributed by atoms with Crippen molar-refractivity contribution < 1.29 is 27.4 Å². The molecule has 2 aliphatic rings. The van der Waals surface area contributed by atoms with E-state index in [0.29, 0.717) is 41.1 Å². The van der Waals surface area contributed by atoms with E-state index in [2.05, 4.69) is 20.4 Å². The van der Waals surface area contributed by atoms with Gasteiger partial charge in [-0.15, -0.1) is 0 Å². The van der Waals surface area contributed by atoms with Gasteiger partial charge in [-0.2, -0.15) is 18.3 Å². The molecule has 0 amide bonds. The lowest BCUT2D eigenvalue weighted by Crippen LogP contribution is -2.58. The van der Waals surface area contributed by atoms with Gasteiger partial charge in [0.25, 0.3) is 0 Å². The Balaban J connectivity index is 1.39. The molecule has 2 N–H and O–H groups in total. The molecule has 0 saturated carbocycles. The van der Waals surface area contributed by atoms with Crippen LogP contribution in [0.1, 0.15) is 30.5 Å². The van der Waals surface area contributed by atoms with Crippen LogP contribution in [0.5, 0.6) is 0 Å². The van der Waals surface area contributed by atoms with Gasteiger partial charge in [-0.3, -0.25) is 9.58 Å². The second kappa shape index (κ2) is 9.09. The van der Waals surface area contributed by atoms with Crippen LogP contribution in [0.25, 0.3) is 10.9 Å². The summed E-state index contributed by atoms with van der Waals surface area (Å²) in [5, 5.41) is 17.6. The minimum Gasteiger partial charge on any atom is -0.389 e. The van der Waals surface area contributed by atoms with E-state index in [0.717, 1.165) is 10.7 Å². The van der Waals surface area contributed by atoms with Gasteiger partial charge in [0.05, 0.1) is 30.4 Å². The van der Waals surface area contributed by atoms with Crippen molar-refractivity contribution >= 4 is 34.3 Å². The number of fused-ring (bicyclic) bond motifs is 1. The van der Waals surface area contributed by atoms with Crippen molar-refractivity contribution in [3.63, 3.8) is 0 Å². The molecule has 36 heavy (non-hydrogen) atoms. The summed E-state index contributed by atoms with van der Waals surface area (Å²) in [7, 11) is 1.38. The zero-order valence-corrected chi connectivity index (χ0v) is 20.3. The van der Waals surface area contributed by atoms with Crippen LogP contribution < -0.4 is 5.32 Å². The van der Waals surface area contributed by atoms with Gasteiger partial charge in [0.1, 0.15) is 12.0 Å². The number of benzene rings is 1. The number of rotatable bonds is 4. The predicted octanol–water partition coefficient (Wildman–Crippen LogP) is 4.06. The average Bonchev–Trinajstić information content (AvgIpc) is 3.36. The van der Waals surface area contributed by atoms with Crippen LogP contribution in [-0.2, 0) is 18.0 Å². The molecule has 0 aliphatic carbocycles. The maximum Gasteiger partial charge on any atom is 0.435 e. The molecule has 2 fully saturated rings. The molecule has 0 bridgehead atoms. The van der Waals surface area contributed by atoms with E-state index >= 15 is 4.39 Å². The number of likely N-dealkylation sites (tertiary alicyclic amines) is 1. The maximum absolute atomic E-state index is 15.5. The van der Waals surface area contributed by atoms with E-state index in [1.807, 2.05) is 11.8 Å². The molecule has 1 aromatic carbocycles. The second-order valence-corrected chi connectivity index (χ2v) is 9.94. The van der Waals surface area contributed by atoms with Crippen molar-refractivity contribution in [1.29, 1.82) is 0 Å². The fraction of sp³-hybridized carbons (Fsp3) is 0.522. The number of hydrogen-bond donors (Lipinski definition) is 2. The summed E-state index contributed by atoms with van der Waals surface area (Å²) in [4.78, 5) is 10.5. The fourth-order valence-electron chi connectivity index (χ4n) is 4.92. The van der Waals surface area contributed by atoms with Crippen LogP contribution in [0.15, 0.2) is 24.4 Å². The summed E-state index contributed by atoms with van der Waals surface area (Å²) >= 11 is 6.52. The first-order chi connectivity index (χ1) is 17.0. The highest BCUT2D eigenvalue weighted by Gasteiger charge is 2.47. The van der Waals surface area contributed by atoms with Gasteiger partial charge >= 0.3 is 6.18 Å². The second-order valence-electron chi connectivity index (χ2n) is 9.53. The van der Waals surface area contributed by atoms with Gasteiger partial charge < -0.3 is 15.2 Å². The van der Waals surface area contributed by atoms with Crippen LogP contribution in [0.3, 0.4) is 0 Å². The number of alkyl halides is 4. The molecule has 5 rings (SSSR count). The molecule has 4 unspecified atom stereocenters. The van der Waals surface area contributed by atoms with Gasteiger partial charge in [0, 0.05) is 42.2 Å². The molecule has 13 heteroatoms. The Hall–Kier alpha value is -2.54. The average molecular weight is 529 g/mol. The Morgan fingerprint density at radius 1 is 1.28 bits per heavy atom. The number of nitrogens with one attached hydrogen (secondary N) is 1. The van der Waals surface area contributed by atoms with Crippen molar-refractivity contribution in [2.45, 2.75) is 43.3 Å². The number of aliphatic hydroxyl groups is 1. The SMILES string of the molecule is Cn1nc(C(F)(F)F)cc1Nc1ncc2cc(Cl)c(C3CCN(C4(C)COCC4O)CC3F)cc2n1. The van der Waals surface area contributed by atoms with Crippen molar-refractivity contribution in [2.75, 3.05) is 31.6 Å². The van der Waals surface area contributed by atoms with Gasteiger partial charge in [-0.05, 0) is 37.6 Å². The third kappa shape index (κ3) is 4.51. The fourth-order valence-corrected chi connectivity index (χ4v) is 5.24. The third-order valence-corrected chi connectivity index (χ3v) is 7.49. The summed E-state index contributed by atoms with van der Waals surface area (Å²) < 4.78 is 60.8. The highest BCUT2D eigenvalue weighted by Crippen LogP contribution is 2.40. The number of anilines is 2. The first kappa shape index (κ1) is 25.1. The molecule has 4 atom stereocenters. The van der Waals surface area contributed by atoms with Crippen LogP contribution >= 0.6 is 11.6 Å². The Labute approximate surface area is 209 Å². The Kier molecular flexibility index (Phi) is 6.34. The van der Waals surface area contributed by atoms with E-state index < -0.39 is 35.6 Å². The molecule has 2 saturated heterocycles. The minimum absolute atomic E-state index is 0.0682. The number of aromatic nitrogens is 4. The monoisotopic (exact) mass is 528 g/mol.